The van der Waals surface area contributed by atoms with Gasteiger partial charge in [0.25, 0.3) is 5.91 Å². The van der Waals surface area contributed by atoms with Gasteiger partial charge in [-0.3, -0.25) is 4.79 Å². The summed E-state index contributed by atoms with van der Waals surface area (Å²) in [5.74, 6) is 1.42. The number of carbonyl (C=O) groups is 1. The first kappa shape index (κ1) is 15.4. The first-order chi connectivity index (χ1) is 10.3. The van der Waals surface area contributed by atoms with Crippen LogP contribution in [0.1, 0.15) is 24.2 Å². The largest absolute Gasteiger partial charge is 0.493 e. The number of amides is 1. The molecule has 2 rings (SSSR count). The Morgan fingerprint density at radius 3 is 2.57 bits per heavy atom. The highest BCUT2D eigenvalue weighted by Gasteiger charge is 2.13. The van der Waals surface area contributed by atoms with E-state index in [1.807, 2.05) is 49.4 Å². The lowest BCUT2D eigenvalue weighted by atomic mass is 10.2. The number of anilines is 1. The molecule has 0 saturated heterocycles. The van der Waals surface area contributed by atoms with Crippen molar-refractivity contribution in [2.75, 3.05) is 17.7 Å². The zero-order valence-electron chi connectivity index (χ0n) is 12.3. The van der Waals surface area contributed by atoms with Crippen molar-refractivity contribution in [1.82, 2.24) is 0 Å². The maximum absolute atomic E-state index is 12.5. The van der Waals surface area contributed by atoms with Crippen molar-refractivity contribution in [2.24, 2.45) is 0 Å². The van der Waals surface area contributed by atoms with E-state index in [2.05, 4.69) is 12.2 Å². The highest BCUT2D eigenvalue weighted by Crippen LogP contribution is 2.28. The van der Waals surface area contributed by atoms with Crippen LogP contribution in [0.2, 0.25) is 0 Å². The molecule has 0 heterocycles. The Labute approximate surface area is 129 Å². The van der Waals surface area contributed by atoms with E-state index in [0.29, 0.717) is 17.9 Å². The Morgan fingerprint density at radius 1 is 1.10 bits per heavy atom. The van der Waals surface area contributed by atoms with E-state index in [1.165, 1.54) is 0 Å². The van der Waals surface area contributed by atoms with Crippen molar-refractivity contribution in [2.45, 2.75) is 18.7 Å². The Morgan fingerprint density at radius 2 is 1.81 bits per heavy atom. The average Bonchev–Trinajstić information content (AvgIpc) is 2.50. The molecule has 2 aromatic carbocycles. The maximum atomic E-state index is 12.5. The topological polar surface area (TPSA) is 38.3 Å². The summed E-state index contributed by atoms with van der Waals surface area (Å²) >= 11 is 1.71. The lowest BCUT2D eigenvalue weighted by Crippen LogP contribution is -2.14. The van der Waals surface area contributed by atoms with Crippen LogP contribution in [0.25, 0.3) is 0 Å². The molecule has 0 aromatic heterocycles. The molecule has 0 fully saturated rings. The van der Waals surface area contributed by atoms with Crippen LogP contribution in [0.4, 0.5) is 5.69 Å². The predicted molar refractivity (Wildman–Crippen MR) is 88.4 cm³/mol. The van der Waals surface area contributed by atoms with E-state index in [-0.39, 0.29) is 5.91 Å². The minimum absolute atomic E-state index is 0.150. The highest BCUT2D eigenvalue weighted by atomic mass is 32.2. The third-order valence-corrected chi connectivity index (χ3v) is 3.82. The van der Waals surface area contributed by atoms with E-state index in [0.717, 1.165) is 16.3 Å². The molecular formula is C17H19NO2S. The first-order valence-electron chi connectivity index (χ1n) is 7.01. The Hall–Kier alpha value is -1.94. The molecule has 0 spiro atoms. The zero-order valence-corrected chi connectivity index (χ0v) is 13.1. The van der Waals surface area contributed by atoms with Crippen LogP contribution < -0.4 is 10.1 Å². The number of rotatable bonds is 6. The summed E-state index contributed by atoms with van der Waals surface area (Å²) < 4.78 is 5.51. The molecule has 2 aromatic rings. The number of nitrogens with one attached hydrogen (secondary N) is 1. The number of hydrogen-bond donors (Lipinski definition) is 1. The van der Waals surface area contributed by atoms with Crippen molar-refractivity contribution >= 4 is 23.4 Å². The standard InChI is InChI=1S/C17H19NO2S/c1-3-20-15-11-7-5-9-13(15)17(19)18-14-10-6-8-12-16(14)21-4-2/h5-12H,3-4H2,1-2H3,(H,18,19). The summed E-state index contributed by atoms with van der Waals surface area (Å²) in [7, 11) is 0. The molecule has 0 aliphatic carbocycles. The monoisotopic (exact) mass is 301 g/mol. The molecular weight excluding hydrogens is 282 g/mol. The molecule has 110 valence electrons. The summed E-state index contributed by atoms with van der Waals surface area (Å²) in [5, 5.41) is 2.97. The van der Waals surface area contributed by atoms with Crippen molar-refractivity contribution < 1.29 is 9.53 Å². The summed E-state index contributed by atoms with van der Waals surface area (Å²) in [5.41, 5.74) is 1.39. The van der Waals surface area contributed by atoms with Crippen molar-refractivity contribution in [3.8, 4) is 5.75 Å². The lowest BCUT2D eigenvalue weighted by Gasteiger charge is -2.12. The second-order valence-electron chi connectivity index (χ2n) is 4.31. The van der Waals surface area contributed by atoms with Gasteiger partial charge in [0.15, 0.2) is 0 Å². The minimum atomic E-state index is -0.150. The van der Waals surface area contributed by atoms with Crippen LogP contribution >= 0.6 is 11.8 Å². The van der Waals surface area contributed by atoms with Gasteiger partial charge in [0, 0.05) is 4.90 Å². The van der Waals surface area contributed by atoms with Crippen LogP contribution in [-0.4, -0.2) is 18.3 Å². The van der Waals surface area contributed by atoms with E-state index in [4.69, 9.17) is 4.74 Å². The molecule has 0 aliphatic rings. The maximum Gasteiger partial charge on any atom is 0.259 e. The van der Waals surface area contributed by atoms with Crippen LogP contribution in [0.3, 0.4) is 0 Å². The minimum Gasteiger partial charge on any atom is -0.493 e. The van der Waals surface area contributed by atoms with Gasteiger partial charge in [-0.25, -0.2) is 0 Å². The van der Waals surface area contributed by atoms with Crippen LogP contribution in [-0.2, 0) is 0 Å². The van der Waals surface area contributed by atoms with E-state index in [1.54, 1.807) is 17.8 Å². The van der Waals surface area contributed by atoms with E-state index in [9.17, 15) is 4.79 Å². The van der Waals surface area contributed by atoms with Crippen molar-refractivity contribution in [3.05, 3.63) is 54.1 Å². The molecule has 0 bridgehead atoms. The van der Waals surface area contributed by atoms with Gasteiger partial charge in [-0.2, -0.15) is 0 Å². The smallest absolute Gasteiger partial charge is 0.259 e. The number of hydrogen-bond acceptors (Lipinski definition) is 3. The molecule has 1 N–H and O–H groups in total. The van der Waals surface area contributed by atoms with Crippen molar-refractivity contribution in [3.63, 3.8) is 0 Å². The first-order valence-corrected chi connectivity index (χ1v) is 7.99. The van der Waals surface area contributed by atoms with E-state index < -0.39 is 0 Å². The van der Waals surface area contributed by atoms with Gasteiger partial charge < -0.3 is 10.1 Å². The number of para-hydroxylation sites is 2. The number of thioether (sulfide) groups is 1. The Kier molecular flexibility index (Phi) is 5.69. The molecule has 0 saturated carbocycles. The van der Waals surface area contributed by atoms with E-state index >= 15 is 0 Å². The second-order valence-corrected chi connectivity index (χ2v) is 5.62. The van der Waals surface area contributed by atoms with Gasteiger partial charge in [-0.15, -0.1) is 11.8 Å². The molecule has 3 nitrogen and oxygen atoms in total. The fraction of sp³-hybridized carbons (Fsp3) is 0.235. The Balaban J connectivity index is 2.22. The summed E-state index contributed by atoms with van der Waals surface area (Å²) in [6.07, 6.45) is 0. The van der Waals surface area contributed by atoms with Crippen LogP contribution in [0.5, 0.6) is 5.75 Å². The van der Waals surface area contributed by atoms with Crippen LogP contribution in [0.15, 0.2) is 53.4 Å². The second kappa shape index (κ2) is 7.74. The van der Waals surface area contributed by atoms with Gasteiger partial charge in [-0.05, 0) is 36.9 Å². The predicted octanol–water partition coefficient (Wildman–Crippen LogP) is 4.45. The van der Waals surface area contributed by atoms with Gasteiger partial charge >= 0.3 is 0 Å². The third-order valence-electron chi connectivity index (χ3n) is 2.87. The fourth-order valence-corrected chi connectivity index (χ4v) is 2.74. The van der Waals surface area contributed by atoms with Gasteiger partial charge in [0.2, 0.25) is 0 Å². The average molecular weight is 301 g/mol. The normalized spacial score (nSPS) is 10.2. The Bertz CT molecular complexity index is 613. The molecule has 4 heteroatoms. The molecule has 0 radical (unpaired) electrons. The number of benzene rings is 2. The summed E-state index contributed by atoms with van der Waals surface area (Å²) in [4.78, 5) is 13.5. The highest BCUT2D eigenvalue weighted by molar-refractivity contribution is 7.99. The molecule has 1 amide bonds. The lowest BCUT2D eigenvalue weighted by molar-refractivity contribution is 0.102. The van der Waals surface area contributed by atoms with Gasteiger partial charge in [0.05, 0.1) is 17.9 Å². The zero-order chi connectivity index (χ0) is 15.1. The molecule has 21 heavy (non-hydrogen) atoms. The number of ether oxygens (including phenoxy) is 1. The SMILES string of the molecule is CCOc1ccccc1C(=O)Nc1ccccc1SCC. The fourth-order valence-electron chi connectivity index (χ4n) is 1.98. The molecule has 0 unspecified atom stereocenters. The van der Waals surface area contributed by atoms with Gasteiger partial charge in [-0.1, -0.05) is 31.2 Å². The van der Waals surface area contributed by atoms with Gasteiger partial charge in [0.1, 0.15) is 5.75 Å². The third kappa shape index (κ3) is 4.02. The molecule has 0 atom stereocenters. The summed E-state index contributed by atoms with van der Waals surface area (Å²) in [6.45, 7) is 4.53. The summed E-state index contributed by atoms with van der Waals surface area (Å²) in [6, 6.07) is 15.1. The van der Waals surface area contributed by atoms with Crippen LogP contribution in [0, 0.1) is 0 Å². The number of carbonyl (C=O) groups excluding carboxylic acids is 1. The molecule has 0 aliphatic heterocycles. The van der Waals surface area contributed by atoms with Crippen molar-refractivity contribution in [1.29, 1.82) is 0 Å². The quantitative estimate of drug-likeness (QED) is 0.801.